The maximum Gasteiger partial charge on any atom is 0.321 e. The first kappa shape index (κ1) is 33.2. The van der Waals surface area contributed by atoms with E-state index in [9.17, 15) is 22.8 Å². The first-order valence-electron chi connectivity index (χ1n) is 16.0. The van der Waals surface area contributed by atoms with Crippen LogP contribution in [0.1, 0.15) is 70.8 Å². The van der Waals surface area contributed by atoms with Gasteiger partial charge in [-0.2, -0.15) is 0 Å². The monoisotopic (exact) mass is 646 g/mol. The molecule has 0 aromatic heterocycles. The molecule has 3 fully saturated rings. The number of hydrogen-bond donors (Lipinski definition) is 2. The number of rotatable bonds is 10. The molecule has 1 aromatic carbocycles. The van der Waals surface area contributed by atoms with Gasteiger partial charge in [0.2, 0.25) is 15.9 Å². The van der Waals surface area contributed by atoms with Gasteiger partial charge in [-0.3, -0.25) is 14.3 Å². The number of nitrogens with zero attached hydrogens (tertiary/aromatic N) is 2. The summed E-state index contributed by atoms with van der Waals surface area (Å²) in [6.07, 6.45) is 8.27. The average molecular weight is 647 g/mol. The van der Waals surface area contributed by atoms with E-state index in [-0.39, 0.29) is 38.1 Å². The normalized spacial score (nSPS) is 28.3. The number of nitrogens with one attached hydrogen (secondary N) is 2. The Morgan fingerprint density at radius 1 is 1.13 bits per heavy atom. The largest absolute Gasteiger partial charge is 0.497 e. The van der Waals surface area contributed by atoms with Crippen LogP contribution in [0.25, 0.3) is 0 Å². The lowest BCUT2D eigenvalue weighted by Gasteiger charge is -2.32. The summed E-state index contributed by atoms with van der Waals surface area (Å²) in [6, 6.07) is 6.32. The van der Waals surface area contributed by atoms with Gasteiger partial charge in [0, 0.05) is 38.6 Å². The molecule has 13 heteroatoms. The van der Waals surface area contributed by atoms with Crippen molar-refractivity contribution in [3.05, 3.63) is 42.0 Å². The summed E-state index contributed by atoms with van der Waals surface area (Å²) in [5.41, 5.74) is -0.482. The molecule has 2 aliphatic carbocycles. The van der Waals surface area contributed by atoms with E-state index in [0.717, 1.165) is 37.0 Å². The number of carbonyl (C=O) groups excluding carboxylic acids is 3. The summed E-state index contributed by atoms with van der Waals surface area (Å²) in [5.74, 6) is -0.873. The summed E-state index contributed by atoms with van der Waals surface area (Å²) in [7, 11) is -2.31. The van der Waals surface area contributed by atoms with E-state index in [0.29, 0.717) is 32.5 Å². The topological polar surface area (TPSA) is 144 Å². The van der Waals surface area contributed by atoms with E-state index in [2.05, 4.69) is 10.0 Å². The maximum atomic E-state index is 14.2. The van der Waals surface area contributed by atoms with Crippen molar-refractivity contribution >= 4 is 27.9 Å². The quantitative estimate of drug-likeness (QED) is 0.224. The van der Waals surface area contributed by atoms with Crippen molar-refractivity contribution in [3.63, 3.8) is 0 Å². The van der Waals surface area contributed by atoms with Gasteiger partial charge < -0.3 is 29.3 Å². The minimum absolute atomic E-state index is 0.0307. The number of carbonyl (C=O) groups is 3. The lowest BCUT2D eigenvalue weighted by atomic mass is 10.1. The van der Waals surface area contributed by atoms with Crippen molar-refractivity contribution in [2.75, 3.05) is 33.6 Å². The molecular weight excluding hydrogens is 600 g/mol. The summed E-state index contributed by atoms with van der Waals surface area (Å²) in [5, 5.41) is 2.91. The highest BCUT2D eigenvalue weighted by Crippen LogP contribution is 2.47. The molecule has 4 amide bonds. The first-order chi connectivity index (χ1) is 21.5. The molecule has 45 heavy (non-hydrogen) atoms. The van der Waals surface area contributed by atoms with Gasteiger partial charge in [0.1, 0.15) is 24.1 Å². The van der Waals surface area contributed by atoms with Crippen molar-refractivity contribution in [1.29, 1.82) is 0 Å². The number of amides is 4. The van der Waals surface area contributed by atoms with Gasteiger partial charge in [-0.25, -0.2) is 13.2 Å². The van der Waals surface area contributed by atoms with Crippen LogP contribution in [0.3, 0.4) is 0 Å². The molecule has 0 spiro atoms. The zero-order valence-corrected chi connectivity index (χ0v) is 27.3. The highest BCUT2D eigenvalue weighted by atomic mass is 32.2. The Bertz CT molecular complexity index is 1380. The molecule has 248 valence electrons. The predicted octanol–water partition coefficient (Wildman–Crippen LogP) is 3.07. The smallest absolute Gasteiger partial charge is 0.321 e. The van der Waals surface area contributed by atoms with Crippen molar-refractivity contribution in [2.45, 2.75) is 94.2 Å². The van der Waals surface area contributed by atoms with Crippen LogP contribution in [0.2, 0.25) is 0 Å². The average Bonchev–Trinajstić information content (AvgIpc) is 3.89. The molecule has 1 saturated heterocycles. The summed E-state index contributed by atoms with van der Waals surface area (Å²) >= 11 is 0. The Morgan fingerprint density at radius 3 is 2.58 bits per heavy atom. The number of fused-ring (bicyclic) bond motifs is 2. The number of benzene rings is 1. The SMILES string of the molecule is CCOCOC1CC2C(=O)NC3(C(=O)NS(=O)(=O)C4(C)CC4)CC3C=CCCCCCN(Cc3ccc(OC)cc3)C(=O)N2C1. The Kier molecular flexibility index (Phi) is 10.1. The predicted molar refractivity (Wildman–Crippen MR) is 167 cm³/mol. The van der Waals surface area contributed by atoms with Gasteiger partial charge in [0.05, 0.1) is 18.0 Å². The fourth-order valence-corrected chi connectivity index (χ4v) is 7.36. The van der Waals surface area contributed by atoms with Crippen LogP contribution in [0.15, 0.2) is 36.4 Å². The molecule has 4 unspecified atom stereocenters. The molecule has 2 saturated carbocycles. The second-order valence-electron chi connectivity index (χ2n) is 12.8. The van der Waals surface area contributed by atoms with Crippen LogP contribution in [0.5, 0.6) is 5.75 Å². The highest BCUT2D eigenvalue weighted by molar-refractivity contribution is 7.91. The number of sulfonamides is 1. The maximum absolute atomic E-state index is 14.2. The second-order valence-corrected chi connectivity index (χ2v) is 15.0. The molecule has 5 rings (SSSR count). The first-order valence-corrected chi connectivity index (χ1v) is 17.4. The van der Waals surface area contributed by atoms with Crippen molar-refractivity contribution in [1.82, 2.24) is 19.8 Å². The number of hydrogen-bond acceptors (Lipinski definition) is 8. The molecule has 4 atom stereocenters. The Hall–Kier alpha value is -3.16. The molecular formula is C32H46N4O8S. The molecule has 2 aliphatic heterocycles. The van der Waals surface area contributed by atoms with Gasteiger partial charge >= 0.3 is 6.03 Å². The number of allylic oxidation sites excluding steroid dienone is 1. The second kappa shape index (κ2) is 13.7. The van der Waals surface area contributed by atoms with Gasteiger partial charge in [-0.1, -0.05) is 30.7 Å². The Balaban J connectivity index is 1.41. The van der Waals surface area contributed by atoms with Crippen molar-refractivity contribution in [3.8, 4) is 5.75 Å². The van der Waals surface area contributed by atoms with Crippen LogP contribution in [-0.4, -0.2) is 92.1 Å². The van der Waals surface area contributed by atoms with E-state index in [1.165, 1.54) is 4.90 Å². The van der Waals surface area contributed by atoms with Gasteiger partial charge in [0.15, 0.2) is 0 Å². The molecule has 2 heterocycles. The molecule has 12 nitrogen and oxygen atoms in total. The van der Waals surface area contributed by atoms with Crippen LogP contribution >= 0.6 is 0 Å². The zero-order chi connectivity index (χ0) is 32.2. The minimum atomic E-state index is -3.91. The van der Waals surface area contributed by atoms with Gasteiger partial charge in [-0.15, -0.1) is 0 Å². The summed E-state index contributed by atoms with van der Waals surface area (Å²) < 4.78 is 43.8. The molecule has 1 aromatic rings. The van der Waals surface area contributed by atoms with E-state index in [1.807, 2.05) is 43.3 Å². The fraction of sp³-hybridized carbons (Fsp3) is 0.656. The summed E-state index contributed by atoms with van der Waals surface area (Å²) in [6.45, 7) is 5.00. The van der Waals surface area contributed by atoms with E-state index >= 15 is 0 Å². The van der Waals surface area contributed by atoms with Gasteiger partial charge in [-0.05, 0) is 70.1 Å². The standard InChI is InChI=1S/C32H46N4O8S/c1-4-43-22-44-26-18-27-28(37)33-32(29(38)34-45(40,41)31(2)15-16-31)19-24(32)10-8-6-5-7-9-17-35(30(39)36(27)21-26)20-23-11-13-25(42-3)14-12-23/h8,10-14,24,26-27H,4-7,9,15-22H2,1-3H3,(H,33,37)(H,34,38). The van der Waals surface area contributed by atoms with E-state index in [4.69, 9.17) is 14.2 Å². The minimum Gasteiger partial charge on any atom is -0.497 e. The van der Waals surface area contributed by atoms with E-state index in [1.54, 1.807) is 18.9 Å². The molecule has 0 bridgehead atoms. The number of ether oxygens (including phenoxy) is 3. The van der Waals surface area contributed by atoms with Gasteiger partial charge in [0.25, 0.3) is 5.91 Å². The lowest BCUT2D eigenvalue weighted by molar-refractivity contribution is -0.131. The Labute approximate surface area is 265 Å². The van der Waals surface area contributed by atoms with Crippen LogP contribution in [0, 0.1) is 5.92 Å². The van der Waals surface area contributed by atoms with Crippen LogP contribution in [-0.2, 0) is 35.6 Å². The molecule has 4 aliphatic rings. The number of methoxy groups -OCH3 is 1. The number of urea groups is 1. The van der Waals surface area contributed by atoms with Crippen molar-refractivity contribution in [2.24, 2.45) is 5.92 Å². The third kappa shape index (κ3) is 7.47. The lowest BCUT2D eigenvalue weighted by Crippen LogP contribution is -2.58. The molecule has 2 N–H and O–H groups in total. The van der Waals surface area contributed by atoms with Crippen LogP contribution < -0.4 is 14.8 Å². The van der Waals surface area contributed by atoms with E-state index < -0.39 is 44.3 Å². The fourth-order valence-electron chi connectivity index (χ4n) is 6.05. The highest BCUT2D eigenvalue weighted by Gasteiger charge is 2.63. The Morgan fingerprint density at radius 2 is 1.89 bits per heavy atom. The third-order valence-electron chi connectivity index (χ3n) is 9.47. The summed E-state index contributed by atoms with van der Waals surface area (Å²) in [4.78, 5) is 45.1. The third-order valence-corrected chi connectivity index (χ3v) is 11.6. The van der Waals surface area contributed by atoms with Crippen molar-refractivity contribution < 1.29 is 37.0 Å². The molecule has 0 radical (unpaired) electrons. The zero-order valence-electron chi connectivity index (χ0n) is 26.5. The van der Waals surface area contributed by atoms with Crippen LogP contribution in [0.4, 0.5) is 4.79 Å².